The third-order valence-corrected chi connectivity index (χ3v) is 4.55. The highest BCUT2D eigenvalue weighted by Gasteiger charge is 2.41. The molecule has 1 atom stereocenters. The first-order valence-electron chi connectivity index (χ1n) is 8.18. The highest BCUT2D eigenvalue weighted by Crippen LogP contribution is 2.28. The quantitative estimate of drug-likeness (QED) is 0.805. The molecule has 0 radical (unpaired) electrons. The van der Waals surface area contributed by atoms with Gasteiger partial charge >= 0.3 is 5.97 Å². The monoisotopic (exact) mass is 336 g/mol. The van der Waals surface area contributed by atoms with Gasteiger partial charge in [-0.05, 0) is 37.1 Å². The molecule has 1 saturated heterocycles. The van der Waals surface area contributed by atoms with Gasteiger partial charge in [-0.3, -0.25) is 9.59 Å². The van der Waals surface area contributed by atoms with Crippen molar-refractivity contribution in [2.75, 3.05) is 11.4 Å². The lowest BCUT2D eigenvalue weighted by Gasteiger charge is -2.26. The Morgan fingerprint density at radius 1 is 0.920 bits per heavy atom. The van der Waals surface area contributed by atoms with Gasteiger partial charge in [0.1, 0.15) is 6.04 Å². The Bertz CT molecular complexity index is 815. The SMILES string of the molecule is O=C(ON1C(=O)c2ccccc2C1=O)C1CCCN1c1ccccc1. The Hall–Kier alpha value is -3.15. The second kappa shape index (κ2) is 6.05. The summed E-state index contributed by atoms with van der Waals surface area (Å²) >= 11 is 0. The molecule has 2 aromatic carbocycles. The van der Waals surface area contributed by atoms with E-state index < -0.39 is 23.8 Å². The van der Waals surface area contributed by atoms with Crippen LogP contribution >= 0.6 is 0 Å². The number of benzene rings is 2. The van der Waals surface area contributed by atoms with E-state index in [1.165, 1.54) is 0 Å². The largest absolute Gasteiger partial charge is 0.358 e. The van der Waals surface area contributed by atoms with Crippen LogP contribution in [-0.2, 0) is 9.63 Å². The zero-order valence-corrected chi connectivity index (χ0v) is 13.4. The minimum absolute atomic E-state index is 0.256. The maximum atomic E-state index is 12.6. The van der Waals surface area contributed by atoms with Crippen molar-refractivity contribution in [2.45, 2.75) is 18.9 Å². The minimum Gasteiger partial charge on any atom is -0.358 e. The number of hydrogen-bond donors (Lipinski definition) is 0. The average molecular weight is 336 g/mol. The molecular weight excluding hydrogens is 320 g/mol. The van der Waals surface area contributed by atoms with Crippen molar-refractivity contribution in [1.29, 1.82) is 0 Å². The van der Waals surface area contributed by atoms with Gasteiger partial charge in [0.05, 0.1) is 11.1 Å². The highest BCUT2D eigenvalue weighted by molar-refractivity contribution is 6.20. The van der Waals surface area contributed by atoms with E-state index in [9.17, 15) is 14.4 Å². The van der Waals surface area contributed by atoms with Gasteiger partial charge in [0.2, 0.25) is 0 Å². The van der Waals surface area contributed by atoms with E-state index in [1.54, 1.807) is 24.3 Å². The van der Waals surface area contributed by atoms with Gasteiger partial charge < -0.3 is 9.74 Å². The summed E-state index contributed by atoms with van der Waals surface area (Å²) in [6, 6.07) is 15.5. The summed E-state index contributed by atoms with van der Waals surface area (Å²) in [5.74, 6) is -1.78. The number of amides is 2. The van der Waals surface area contributed by atoms with Crippen molar-refractivity contribution in [3.05, 3.63) is 65.7 Å². The zero-order valence-electron chi connectivity index (χ0n) is 13.4. The summed E-state index contributed by atoms with van der Waals surface area (Å²) in [4.78, 5) is 44.4. The van der Waals surface area contributed by atoms with Crippen LogP contribution in [0.4, 0.5) is 5.69 Å². The highest BCUT2D eigenvalue weighted by atomic mass is 16.7. The molecule has 4 rings (SSSR count). The molecule has 0 spiro atoms. The number of nitrogens with zero attached hydrogens (tertiary/aromatic N) is 2. The lowest BCUT2D eigenvalue weighted by atomic mass is 10.1. The van der Waals surface area contributed by atoms with Crippen LogP contribution in [0, 0.1) is 0 Å². The minimum atomic E-state index is -0.599. The third kappa shape index (κ3) is 2.55. The van der Waals surface area contributed by atoms with E-state index in [1.807, 2.05) is 35.2 Å². The number of rotatable bonds is 3. The van der Waals surface area contributed by atoms with Crippen LogP contribution in [0.2, 0.25) is 0 Å². The smallest absolute Gasteiger partial charge is 0.355 e. The Labute approximate surface area is 144 Å². The van der Waals surface area contributed by atoms with Gasteiger partial charge in [-0.1, -0.05) is 35.4 Å². The van der Waals surface area contributed by atoms with Crippen LogP contribution in [0.15, 0.2) is 54.6 Å². The van der Waals surface area contributed by atoms with E-state index in [4.69, 9.17) is 4.84 Å². The lowest BCUT2D eigenvalue weighted by molar-refractivity contribution is -0.169. The predicted octanol–water partition coefficient (Wildman–Crippen LogP) is 2.41. The molecule has 2 aliphatic heterocycles. The van der Waals surface area contributed by atoms with Gasteiger partial charge in [-0.2, -0.15) is 0 Å². The molecule has 1 fully saturated rings. The Morgan fingerprint density at radius 2 is 1.52 bits per heavy atom. The number of hydrogen-bond acceptors (Lipinski definition) is 5. The molecule has 2 aliphatic rings. The molecule has 0 aromatic heterocycles. The van der Waals surface area contributed by atoms with E-state index in [-0.39, 0.29) is 11.1 Å². The number of para-hydroxylation sites is 1. The number of anilines is 1. The molecule has 126 valence electrons. The van der Waals surface area contributed by atoms with E-state index in [0.29, 0.717) is 11.5 Å². The van der Waals surface area contributed by atoms with Crippen LogP contribution in [0.25, 0.3) is 0 Å². The molecule has 0 saturated carbocycles. The van der Waals surface area contributed by atoms with E-state index >= 15 is 0 Å². The molecule has 0 aliphatic carbocycles. The molecule has 1 unspecified atom stereocenters. The van der Waals surface area contributed by atoms with Crippen molar-refractivity contribution in [3.63, 3.8) is 0 Å². The van der Waals surface area contributed by atoms with Crippen molar-refractivity contribution in [2.24, 2.45) is 0 Å². The van der Waals surface area contributed by atoms with Crippen molar-refractivity contribution < 1.29 is 19.2 Å². The molecule has 2 amide bonds. The first kappa shape index (κ1) is 15.4. The second-order valence-electron chi connectivity index (χ2n) is 6.05. The van der Waals surface area contributed by atoms with Crippen LogP contribution in [0.5, 0.6) is 0 Å². The fraction of sp³-hybridized carbons (Fsp3) is 0.211. The summed E-state index contributed by atoms with van der Waals surface area (Å²) in [6.07, 6.45) is 1.47. The number of fused-ring (bicyclic) bond motifs is 1. The maximum absolute atomic E-state index is 12.6. The zero-order chi connectivity index (χ0) is 17.4. The van der Waals surface area contributed by atoms with Gasteiger partial charge in [-0.25, -0.2) is 4.79 Å². The van der Waals surface area contributed by atoms with Gasteiger partial charge in [0, 0.05) is 12.2 Å². The summed E-state index contributed by atoms with van der Waals surface area (Å²) in [5, 5.41) is 0.578. The average Bonchev–Trinajstić information content (AvgIpc) is 3.23. The topological polar surface area (TPSA) is 66.9 Å². The molecule has 0 N–H and O–H groups in total. The first-order valence-corrected chi connectivity index (χ1v) is 8.18. The summed E-state index contributed by atoms with van der Waals surface area (Å²) in [6.45, 7) is 0.728. The molecule has 6 heteroatoms. The van der Waals surface area contributed by atoms with Crippen molar-refractivity contribution in [3.8, 4) is 0 Å². The van der Waals surface area contributed by atoms with Gasteiger partial charge in [0.15, 0.2) is 0 Å². The summed E-state index contributed by atoms with van der Waals surface area (Å²) in [7, 11) is 0. The molecule has 2 heterocycles. The molecular formula is C19H16N2O4. The second-order valence-corrected chi connectivity index (χ2v) is 6.05. The molecule has 2 aromatic rings. The summed E-state index contributed by atoms with van der Waals surface area (Å²) in [5.41, 5.74) is 1.43. The number of imide groups is 1. The maximum Gasteiger partial charge on any atom is 0.355 e. The first-order chi connectivity index (χ1) is 12.2. The van der Waals surface area contributed by atoms with Gasteiger partial charge in [0.25, 0.3) is 11.8 Å². The fourth-order valence-electron chi connectivity index (χ4n) is 3.34. The number of hydroxylamine groups is 2. The third-order valence-electron chi connectivity index (χ3n) is 4.55. The van der Waals surface area contributed by atoms with Crippen LogP contribution in [0.3, 0.4) is 0 Å². The predicted molar refractivity (Wildman–Crippen MR) is 89.8 cm³/mol. The Balaban J connectivity index is 1.53. The Kier molecular flexibility index (Phi) is 3.72. The standard InChI is InChI=1S/C19H16N2O4/c22-17-14-9-4-5-10-15(14)18(23)21(17)25-19(24)16-11-6-12-20(16)13-7-2-1-3-8-13/h1-5,7-10,16H,6,11-12H2. The summed E-state index contributed by atoms with van der Waals surface area (Å²) < 4.78 is 0. The van der Waals surface area contributed by atoms with E-state index in [2.05, 4.69) is 0 Å². The van der Waals surface area contributed by atoms with Crippen molar-refractivity contribution in [1.82, 2.24) is 5.06 Å². The van der Waals surface area contributed by atoms with Crippen LogP contribution in [0.1, 0.15) is 33.6 Å². The van der Waals surface area contributed by atoms with Crippen LogP contribution in [-0.4, -0.2) is 35.4 Å². The van der Waals surface area contributed by atoms with E-state index in [0.717, 1.165) is 18.7 Å². The normalized spacial score (nSPS) is 19.3. The number of carbonyl (C=O) groups is 3. The Morgan fingerprint density at radius 3 is 2.16 bits per heavy atom. The number of carbonyl (C=O) groups excluding carboxylic acids is 3. The lowest BCUT2D eigenvalue weighted by Crippen LogP contribution is -2.42. The molecule has 25 heavy (non-hydrogen) atoms. The van der Waals surface area contributed by atoms with Crippen LogP contribution < -0.4 is 4.90 Å². The molecule has 6 nitrogen and oxygen atoms in total. The van der Waals surface area contributed by atoms with Gasteiger partial charge in [-0.15, -0.1) is 0 Å². The molecule has 0 bridgehead atoms. The fourth-order valence-corrected chi connectivity index (χ4v) is 3.34. The van der Waals surface area contributed by atoms with Crippen molar-refractivity contribution >= 4 is 23.5 Å².